The Labute approximate surface area is 122 Å². The minimum atomic E-state index is -3.36. The first-order chi connectivity index (χ1) is 9.86. The average Bonchev–Trinajstić information content (AvgIpc) is 2.80. The summed E-state index contributed by atoms with van der Waals surface area (Å²) in [5, 5.41) is 10.0. The molecule has 0 bridgehead atoms. The lowest BCUT2D eigenvalue weighted by molar-refractivity contribution is 0.476. The van der Waals surface area contributed by atoms with Crippen molar-refractivity contribution in [3.05, 3.63) is 42.0 Å². The fourth-order valence-electron chi connectivity index (χ4n) is 2.27. The van der Waals surface area contributed by atoms with Crippen LogP contribution >= 0.6 is 0 Å². The van der Waals surface area contributed by atoms with E-state index in [2.05, 4.69) is 9.97 Å². The van der Waals surface area contributed by atoms with Crippen molar-refractivity contribution in [1.82, 2.24) is 9.97 Å². The molecule has 0 aliphatic heterocycles. The van der Waals surface area contributed by atoms with Crippen LogP contribution in [0.1, 0.15) is 5.56 Å². The summed E-state index contributed by atoms with van der Waals surface area (Å²) in [4.78, 5) is 7.57. The molecule has 0 fully saturated rings. The highest BCUT2D eigenvalue weighted by atomic mass is 32.2. The van der Waals surface area contributed by atoms with Crippen LogP contribution in [0.15, 0.2) is 41.3 Å². The summed E-state index contributed by atoms with van der Waals surface area (Å²) in [6.07, 6.45) is 1.15. The van der Waals surface area contributed by atoms with E-state index < -0.39 is 9.84 Å². The van der Waals surface area contributed by atoms with E-state index in [-0.39, 0.29) is 10.6 Å². The molecule has 3 aromatic rings. The number of aromatic nitrogens is 2. The Kier molecular flexibility index (Phi) is 2.98. The fraction of sp³-hybridized carbons (Fsp3) is 0.133. The molecule has 2 aromatic carbocycles. The van der Waals surface area contributed by atoms with E-state index in [0.29, 0.717) is 22.4 Å². The first-order valence-electron chi connectivity index (χ1n) is 6.35. The van der Waals surface area contributed by atoms with Crippen LogP contribution in [-0.2, 0) is 9.84 Å². The summed E-state index contributed by atoms with van der Waals surface area (Å²) in [6.45, 7) is 1.88. The molecular weight excluding hydrogens is 288 g/mol. The lowest BCUT2D eigenvalue weighted by Crippen LogP contribution is -1.97. The van der Waals surface area contributed by atoms with Gasteiger partial charge in [0.25, 0.3) is 0 Å². The number of H-pyrrole nitrogens is 1. The highest BCUT2D eigenvalue weighted by molar-refractivity contribution is 7.91. The van der Waals surface area contributed by atoms with Crippen LogP contribution in [0.5, 0.6) is 5.75 Å². The van der Waals surface area contributed by atoms with Gasteiger partial charge in [-0.2, -0.15) is 0 Å². The molecule has 1 aromatic heterocycles. The predicted molar refractivity (Wildman–Crippen MR) is 81.0 cm³/mol. The molecule has 21 heavy (non-hydrogen) atoms. The van der Waals surface area contributed by atoms with Gasteiger partial charge in [-0.1, -0.05) is 12.1 Å². The van der Waals surface area contributed by atoms with E-state index in [0.717, 1.165) is 11.8 Å². The van der Waals surface area contributed by atoms with Crippen molar-refractivity contribution >= 4 is 20.9 Å². The number of sulfone groups is 1. The molecule has 6 heteroatoms. The SMILES string of the molecule is Cc1ccc(-c2nc3c(S(C)(=O)=O)cccc3[nH]2)c(O)c1. The maximum atomic E-state index is 11.8. The van der Waals surface area contributed by atoms with Crippen LogP contribution < -0.4 is 0 Å². The maximum Gasteiger partial charge on any atom is 0.177 e. The Bertz CT molecular complexity index is 943. The van der Waals surface area contributed by atoms with E-state index in [9.17, 15) is 13.5 Å². The number of rotatable bonds is 2. The summed E-state index contributed by atoms with van der Waals surface area (Å²) in [5.41, 5.74) is 2.48. The first-order valence-corrected chi connectivity index (χ1v) is 8.24. The number of nitrogens with one attached hydrogen (secondary N) is 1. The smallest absolute Gasteiger partial charge is 0.177 e. The zero-order chi connectivity index (χ0) is 15.2. The summed E-state index contributed by atoms with van der Waals surface area (Å²) >= 11 is 0. The number of imidazole rings is 1. The van der Waals surface area contributed by atoms with Crippen LogP contribution in [0.4, 0.5) is 0 Å². The van der Waals surface area contributed by atoms with E-state index >= 15 is 0 Å². The van der Waals surface area contributed by atoms with Gasteiger partial charge in [0.15, 0.2) is 9.84 Å². The highest BCUT2D eigenvalue weighted by Crippen LogP contribution is 2.31. The van der Waals surface area contributed by atoms with Gasteiger partial charge >= 0.3 is 0 Å². The van der Waals surface area contributed by atoms with Gasteiger partial charge in [0.2, 0.25) is 0 Å². The van der Waals surface area contributed by atoms with Crippen molar-refractivity contribution in [2.24, 2.45) is 0 Å². The van der Waals surface area contributed by atoms with Crippen molar-refractivity contribution in [1.29, 1.82) is 0 Å². The molecule has 0 saturated heterocycles. The van der Waals surface area contributed by atoms with Crippen LogP contribution in [0.25, 0.3) is 22.4 Å². The van der Waals surface area contributed by atoms with E-state index in [1.165, 1.54) is 6.07 Å². The van der Waals surface area contributed by atoms with Gasteiger partial charge in [-0.3, -0.25) is 0 Å². The van der Waals surface area contributed by atoms with E-state index in [4.69, 9.17) is 0 Å². The van der Waals surface area contributed by atoms with Gasteiger partial charge < -0.3 is 10.1 Å². The molecule has 0 aliphatic rings. The number of hydrogen-bond donors (Lipinski definition) is 2. The topological polar surface area (TPSA) is 83.0 Å². The minimum Gasteiger partial charge on any atom is -0.507 e. The zero-order valence-corrected chi connectivity index (χ0v) is 12.4. The second-order valence-electron chi connectivity index (χ2n) is 5.03. The number of para-hydroxylation sites is 1. The number of phenols is 1. The Balaban J connectivity index is 2.27. The summed E-state index contributed by atoms with van der Waals surface area (Å²) in [5.74, 6) is 0.550. The molecule has 0 saturated carbocycles. The normalized spacial score (nSPS) is 11.9. The Morgan fingerprint density at radius 1 is 1.19 bits per heavy atom. The first kappa shape index (κ1) is 13.6. The van der Waals surface area contributed by atoms with Crippen LogP contribution in [0.3, 0.4) is 0 Å². The van der Waals surface area contributed by atoms with Crippen molar-refractivity contribution in [3.63, 3.8) is 0 Å². The number of aromatic amines is 1. The molecule has 0 spiro atoms. The third-order valence-corrected chi connectivity index (χ3v) is 4.41. The highest BCUT2D eigenvalue weighted by Gasteiger charge is 2.16. The number of hydrogen-bond acceptors (Lipinski definition) is 4. The third-order valence-electron chi connectivity index (χ3n) is 3.28. The summed E-state index contributed by atoms with van der Waals surface area (Å²) < 4.78 is 23.6. The Morgan fingerprint density at radius 3 is 2.62 bits per heavy atom. The van der Waals surface area contributed by atoms with Gasteiger partial charge in [-0.25, -0.2) is 13.4 Å². The fourth-order valence-corrected chi connectivity index (χ4v) is 3.11. The molecule has 0 atom stereocenters. The van der Waals surface area contributed by atoms with Crippen LogP contribution in [-0.4, -0.2) is 29.7 Å². The second kappa shape index (κ2) is 4.60. The number of fused-ring (bicyclic) bond motifs is 1. The molecule has 3 rings (SSSR count). The second-order valence-corrected chi connectivity index (χ2v) is 7.01. The Morgan fingerprint density at radius 2 is 1.95 bits per heavy atom. The van der Waals surface area contributed by atoms with Crippen LogP contribution in [0.2, 0.25) is 0 Å². The number of benzene rings is 2. The third kappa shape index (κ3) is 2.38. The molecule has 0 radical (unpaired) electrons. The molecule has 0 aliphatic carbocycles. The summed E-state index contributed by atoms with van der Waals surface area (Å²) in [6, 6.07) is 10.2. The van der Waals surface area contributed by atoms with Crippen LogP contribution in [0, 0.1) is 6.92 Å². The van der Waals surface area contributed by atoms with Gasteiger partial charge in [0.1, 0.15) is 17.1 Å². The van der Waals surface area contributed by atoms with Crippen molar-refractivity contribution in [3.8, 4) is 17.1 Å². The number of nitrogens with zero attached hydrogens (tertiary/aromatic N) is 1. The minimum absolute atomic E-state index is 0.106. The monoisotopic (exact) mass is 302 g/mol. The Hall–Kier alpha value is -2.34. The van der Waals surface area contributed by atoms with Crippen molar-refractivity contribution in [2.45, 2.75) is 11.8 Å². The molecule has 1 heterocycles. The van der Waals surface area contributed by atoms with Gasteiger partial charge in [-0.05, 0) is 36.8 Å². The standard InChI is InChI=1S/C15H14N2O3S/c1-9-6-7-10(12(18)8-9)15-16-11-4-3-5-13(14(11)17-15)21(2,19)20/h3-8,18H,1-2H3,(H,16,17). The number of aryl methyl sites for hydroxylation is 1. The average molecular weight is 302 g/mol. The quantitative estimate of drug-likeness (QED) is 0.762. The van der Waals surface area contributed by atoms with Crippen molar-refractivity contribution in [2.75, 3.05) is 6.26 Å². The predicted octanol–water partition coefficient (Wildman–Crippen LogP) is 2.65. The molecule has 0 unspecified atom stereocenters. The molecule has 2 N–H and O–H groups in total. The van der Waals surface area contributed by atoms with Gasteiger partial charge in [0, 0.05) is 6.26 Å². The molecule has 0 amide bonds. The largest absolute Gasteiger partial charge is 0.507 e. The molecular formula is C15H14N2O3S. The number of aromatic hydroxyl groups is 1. The zero-order valence-electron chi connectivity index (χ0n) is 11.6. The lowest BCUT2D eigenvalue weighted by Gasteiger charge is -2.01. The summed E-state index contributed by atoms with van der Waals surface area (Å²) in [7, 11) is -3.36. The molecule has 5 nitrogen and oxygen atoms in total. The maximum absolute atomic E-state index is 11.8. The lowest BCUT2D eigenvalue weighted by atomic mass is 10.1. The van der Waals surface area contributed by atoms with Gasteiger partial charge in [-0.15, -0.1) is 0 Å². The number of phenolic OH excluding ortho intramolecular Hbond substituents is 1. The van der Waals surface area contributed by atoms with Gasteiger partial charge in [0.05, 0.1) is 16.0 Å². The molecule has 108 valence electrons. The van der Waals surface area contributed by atoms with Crippen molar-refractivity contribution < 1.29 is 13.5 Å². The van der Waals surface area contributed by atoms with E-state index in [1.807, 2.05) is 13.0 Å². The van der Waals surface area contributed by atoms with E-state index in [1.54, 1.807) is 24.3 Å².